The number of nitrogens with one attached hydrogen (secondary N) is 1. The summed E-state index contributed by atoms with van der Waals surface area (Å²) < 4.78 is 5.27. The highest BCUT2D eigenvalue weighted by Gasteiger charge is 2.44. The molecule has 0 unspecified atom stereocenters. The molecule has 142 valence electrons. The van der Waals surface area contributed by atoms with Crippen LogP contribution in [-0.2, 0) is 14.9 Å². The van der Waals surface area contributed by atoms with Crippen molar-refractivity contribution < 1.29 is 14.3 Å². The highest BCUT2D eigenvalue weighted by atomic mass is 16.5. The predicted octanol–water partition coefficient (Wildman–Crippen LogP) is 3.55. The fraction of sp³-hybridized carbons (Fsp3) is 0.261. The van der Waals surface area contributed by atoms with E-state index >= 15 is 0 Å². The van der Waals surface area contributed by atoms with Gasteiger partial charge in [0.2, 0.25) is 0 Å². The number of benzene rings is 2. The monoisotopic (exact) mass is 374 g/mol. The first kappa shape index (κ1) is 18.2. The molecular formula is C23H22N2O3. The first-order chi connectivity index (χ1) is 13.6. The molecular weight excluding hydrogens is 352 g/mol. The summed E-state index contributed by atoms with van der Waals surface area (Å²) in [5, 5.41) is 3.63. The molecule has 2 aromatic carbocycles. The topological polar surface area (TPSA) is 68.3 Å². The van der Waals surface area contributed by atoms with Gasteiger partial charge in [0.1, 0.15) is 0 Å². The maximum Gasteiger partial charge on any atom is 0.339 e. The number of hydrogen-bond acceptors (Lipinski definition) is 4. The SMILES string of the molecule is Cc1cc(C(=O)OCC(=O)NCC2(c3ccccc3)CC2)c2ccccc2n1. The zero-order valence-electron chi connectivity index (χ0n) is 15.8. The number of aromatic nitrogens is 1. The Bertz CT molecular complexity index is 1030. The zero-order chi connectivity index (χ0) is 19.6. The van der Waals surface area contributed by atoms with E-state index in [4.69, 9.17) is 4.74 Å². The summed E-state index contributed by atoms with van der Waals surface area (Å²) in [6, 6.07) is 19.3. The van der Waals surface area contributed by atoms with Gasteiger partial charge in [0, 0.05) is 23.0 Å². The number of aryl methyl sites for hydroxylation is 1. The molecule has 1 amide bonds. The molecule has 28 heavy (non-hydrogen) atoms. The van der Waals surface area contributed by atoms with Crippen LogP contribution in [0.2, 0.25) is 0 Å². The Morgan fingerprint density at radius 1 is 1.07 bits per heavy atom. The third-order valence-corrected chi connectivity index (χ3v) is 5.26. The molecule has 0 saturated heterocycles. The minimum Gasteiger partial charge on any atom is -0.452 e. The van der Waals surface area contributed by atoms with E-state index in [-0.39, 0.29) is 17.9 Å². The van der Waals surface area contributed by atoms with Crippen molar-refractivity contribution in [1.29, 1.82) is 0 Å². The summed E-state index contributed by atoms with van der Waals surface area (Å²) in [7, 11) is 0. The number of carbonyl (C=O) groups is 2. The molecule has 0 aliphatic heterocycles. The van der Waals surface area contributed by atoms with Crippen LogP contribution in [0.25, 0.3) is 10.9 Å². The van der Waals surface area contributed by atoms with E-state index in [9.17, 15) is 9.59 Å². The van der Waals surface area contributed by atoms with Crippen molar-refractivity contribution >= 4 is 22.8 Å². The number of carbonyl (C=O) groups excluding carboxylic acids is 2. The van der Waals surface area contributed by atoms with E-state index in [2.05, 4.69) is 22.4 Å². The Morgan fingerprint density at radius 2 is 1.79 bits per heavy atom. The van der Waals surface area contributed by atoms with Crippen molar-refractivity contribution in [2.75, 3.05) is 13.2 Å². The Balaban J connectivity index is 1.36. The van der Waals surface area contributed by atoms with Crippen molar-refractivity contribution in [3.63, 3.8) is 0 Å². The summed E-state index contributed by atoms with van der Waals surface area (Å²) >= 11 is 0. The molecule has 1 saturated carbocycles. The van der Waals surface area contributed by atoms with Crippen molar-refractivity contribution in [3.05, 3.63) is 77.5 Å². The first-order valence-corrected chi connectivity index (χ1v) is 9.43. The molecule has 1 heterocycles. The van der Waals surface area contributed by atoms with E-state index in [0.29, 0.717) is 12.1 Å². The van der Waals surface area contributed by atoms with Gasteiger partial charge in [-0.15, -0.1) is 0 Å². The van der Waals surface area contributed by atoms with Crippen LogP contribution in [0.3, 0.4) is 0 Å². The number of para-hydroxylation sites is 1. The second-order valence-electron chi connectivity index (χ2n) is 7.33. The lowest BCUT2D eigenvalue weighted by molar-refractivity contribution is -0.124. The maximum atomic E-state index is 12.5. The van der Waals surface area contributed by atoms with E-state index in [1.807, 2.05) is 49.4 Å². The first-order valence-electron chi connectivity index (χ1n) is 9.43. The molecule has 0 radical (unpaired) electrons. The van der Waals surface area contributed by atoms with Crippen molar-refractivity contribution in [3.8, 4) is 0 Å². The summed E-state index contributed by atoms with van der Waals surface area (Å²) in [5.41, 5.74) is 3.16. The third-order valence-electron chi connectivity index (χ3n) is 5.26. The lowest BCUT2D eigenvalue weighted by atomic mass is 9.96. The van der Waals surface area contributed by atoms with Crippen molar-refractivity contribution in [1.82, 2.24) is 10.3 Å². The van der Waals surface area contributed by atoms with Gasteiger partial charge in [0.05, 0.1) is 11.1 Å². The van der Waals surface area contributed by atoms with Crippen LogP contribution < -0.4 is 5.32 Å². The van der Waals surface area contributed by atoms with Crippen LogP contribution in [-0.4, -0.2) is 30.0 Å². The number of pyridine rings is 1. The van der Waals surface area contributed by atoms with Gasteiger partial charge in [0.25, 0.3) is 5.91 Å². The molecule has 1 N–H and O–H groups in total. The smallest absolute Gasteiger partial charge is 0.339 e. The summed E-state index contributed by atoms with van der Waals surface area (Å²) in [6.45, 7) is 2.10. The second kappa shape index (κ2) is 7.43. The van der Waals surface area contributed by atoms with Gasteiger partial charge in [-0.25, -0.2) is 4.79 Å². The van der Waals surface area contributed by atoms with Crippen LogP contribution in [0.1, 0.15) is 34.5 Å². The second-order valence-corrected chi connectivity index (χ2v) is 7.33. The van der Waals surface area contributed by atoms with E-state index < -0.39 is 5.97 Å². The molecule has 3 aromatic rings. The van der Waals surface area contributed by atoms with Gasteiger partial charge < -0.3 is 10.1 Å². The van der Waals surface area contributed by atoms with Crippen LogP contribution in [0, 0.1) is 6.92 Å². The summed E-state index contributed by atoms with van der Waals surface area (Å²) in [4.78, 5) is 29.2. The van der Waals surface area contributed by atoms with Gasteiger partial charge in [0.15, 0.2) is 6.61 Å². The average molecular weight is 374 g/mol. The largest absolute Gasteiger partial charge is 0.452 e. The van der Waals surface area contributed by atoms with Crippen LogP contribution in [0.4, 0.5) is 0 Å². The van der Waals surface area contributed by atoms with E-state index in [0.717, 1.165) is 29.4 Å². The Kier molecular flexibility index (Phi) is 4.82. The number of nitrogens with zero attached hydrogens (tertiary/aromatic N) is 1. The van der Waals surface area contributed by atoms with Crippen molar-refractivity contribution in [2.24, 2.45) is 0 Å². The Labute approximate surface area is 163 Å². The predicted molar refractivity (Wildman–Crippen MR) is 107 cm³/mol. The molecule has 0 spiro atoms. The number of fused-ring (bicyclic) bond motifs is 1. The normalized spacial score (nSPS) is 14.5. The van der Waals surface area contributed by atoms with Crippen LogP contribution in [0.15, 0.2) is 60.7 Å². The number of rotatable bonds is 6. The molecule has 5 heteroatoms. The van der Waals surface area contributed by atoms with Gasteiger partial charge in [-0.1, -0.05) is 48.5 Å². The molecule has 1 aliphatic carbocycles. The number of ether oxygens (including phenoxy) is 1. The third kappa shape index (κ3) is 3.74. The molecule has 4 rings (SSSR count). The highest BCUT2D eigenvalue weighted by Crippen LogP contribution is 2.47. The maximum absolute atomic E-state index is 12.5. The molecule has 1 fully saturated rings. The molecule has 0 bridgehead atoms. The molecule has 0 atom stereocenters. The van der Waals surface area contributed by atoms with Gasteiger partial charge in [-0.3, -0.25) is 9.78 Å². The van der Waals surface area contributed by atoms with Crippen molar-refractivity contribution in [2.45, 2.75) is 25.2 Å². The van der Waals surface area contributed by atoms with Gasteiger partial charge in [-0.05, 0) is 37.5 Å². The van der Waals surface area contributed by atoms with Crippen LogP contribution >= 0.6 is 0 Å². The lowest BCUT2D eigenvalue weighted by Gasteiger charge is -2.16. The quantitative estimate of drug-likeness (QED) is 0.670. The minimum absolute atomic E-state index is 0.0271. The average Bonchev–Trinajstić information content (AvgIpc) is 3.51. The molecule has 5 nitrogen and oxygen atoms in total. The van der Waals surface area contributed by atoms with Crippen LogP contribution in [0.5, 0.6) is 0 Å². The van der Waals surface area contributed by atoms with E-state index in [1.165, 1.54) is 5.56 Å². The molecule has 1 aliphatic rings. The Hall–Kier alpha value is -3.21. The number of hydrogen-bond donors (Lipinski definition) is 1. The molecule has 1 aromatic heterocycles. The van der Waals surface area contributed by atoms with Gasteiger partial charge >= 0.3 is 5.97 Å². The standard InChI is InChI=1S/C23H22N2O3/c1-16-13-19(18-9-5-6-10-20(18)25-16)22(27)28-14-21(26)24-15-23(11-12-23)17-7-3-2-4-8-17/h2-10,13H,11-12,14-15H2,1H3,(H,24,26). The summed E-state index contributed by atoms with van der Waals surface area (Å²) in [6.07, 6.45) is 2.11. The Morgan fingerprint density at radius 3 is 2.54 bits per heavy atom. The zero-order valence-corrected chi connectivity index (χ0v) is 15.8. The van der Waals surface area contributed by atoms with Gasteiger partial charge in [-0.2, -0.15) is 0 Å². The lowest BCUT2D eigenvalue weighted by Crippen LogP contribution is -2.35. The minimum atomic E-state index is -0.513. The highest BCUT2D eigenvalue weighted by molar-refractivity contribution is 6.04. The fourth-order valence-electron chi connectivity index (χ4n) is 3.51. The fourth-order valence-corrected chi connectivity index (χ4v) is 3.51. The number of amides is 1. The summed E-state index contributed by atoms with van der Waals surface area (Å²) in [5.74, 6) is -0.799. The van der Waals surface area contributed by atoms with E-state index in [1.54, 1.807) is 6.07 Å². The number of esters is 1.